The molecule has 0 saturated carbocycles. The Morgan fingerprint density at radius 1 is 0.931 bits per heavy atom. The lowest BCUT2D eigenvalue weighted by atomic mass is 9.99. The third-order valence-electron chi connectivity index (χ3n) is 4.98. The zero-order valence-electron chi connectivity index (χ0n) is 15.8. The summed E-state index contributed by atoms with van der Waals surface area (Å²) < 4.78 is 48.7. The number of phosphoric ester groups is 1. The molecule has 2 aromatic rings. The summed E-state index contributed by atoms with van der Waals surface area (Å²) in [6.45, 7) is 3.58. The molecule has 6 atom stereocenters. The summed E-state index contributed by atoms with van der Waals surface area (Å²) in [5.41, 5.74) is 0.740. The number of ether oxygens (including phenoxy) is 3. The molecule has 5 rings (SSSR count). The van der Waals surface area contributed by atoms with Gasteiger partial charge in [-0.1, -0.05) is 41.9 Å². The van der Waals surface area contributed by atoms with E-state index >= 15 is 0 Å². The molecule has 0 amide bonds. The van der Waals surface area contributed by atoms with Crippen molar-refractivity contribution in [2.45, 2.75) is 50.3 Å². The average Bonchev–Trinajstić information content (AvgIpc) is 3.14. The zero-order valence-corrected chi connectivity index (χ0v) is 17.4. The van der Waals surface area contributed by atoms with Gasteiger partial charge in [0.2, 0.25) is 0 Å². The summed E-state index contributed by atoms with van der Waals surface area (Å²) in [6.07, 6.45) is -3.18. The fourth-order valence-corrected chi connectivity index (χ4v) is 5.50. The molecular formula is C20H20ClO7P. The molecule has 3 aliphatic rings. The van der Waals surface area contributed by atoms with Gasteiger partial charge in [-0.05, 0) is 43.7 Å². The number of fused-ring (bicyclic) bond motifs is 3. The first-order valence-electron chi connectivity index (χ1n) is 9.30. The number of hydrogen-bond acceptors (Lipinski definition) is 7. The van der Waals surface area contributed by atoms with E-state index in [9.17, 15) is 4.57 Å². The van der Waals surface area contributed by atoms with Crippen LogP contribution in [0.4, 0.5) is 0 Å². The normalized spacial score (nSPS) is 37.7. The minimum atomic E-state index is -3.98. The van der Waals surface area contributed by atoms with E-state index in [4.69, 9.17) is 39.4 Å². The number of para-hydroxylation sites is 1. The van der Waals surface area contributed by atoms with E-state index in [1.165, 1.54) is 0 Å². The van der Waals surface area contributed by atoms with Crippen LogP contribution in [0.25, 0.3) is 0 Å². The summed E-state index contributed by atoms with van der Waals surface area (Å²) in [4.78, 5) is 0. The predicted molar refractivity (Wildman–Crippen MR) is 104 cm³/mol. The standard InChI is InChI=1S/C20H20ClO7P/c1-20(2)24-18-17-16(23-19(18)25-20)15(12-8-10-13(21)11-9-12)27-29(22,28-17)26-14-6-4-3-5-7-14/h3-11,15-19H,1-2H3/t15-,16-,17+,18-,19-,29-/m1/s1. The number of rotatable bonds is 3. The molecule has 0 aliphatic carbocycles. The van der Waals surface area contributed by atoms with Crippen molar-refractivity contribution in [2.75, 3.05) is 0 Å². The molecular weight excluding hydrogens is 419 g/mol. The highest BCUT2D eigenvalue weighted by molar-refractivity contribution is 7.49. The fraction of sp³-hybridized carbons (Fsp3) is 0.400. The first-order chi connectivity index (χ1) is 13.8. The molecule has 29 heavy (non-hydrogen) atoms. The Morgan fingerprint density at radius 3 is 2.38 bits per heavy atom. The van der Waals surface area contributed by atoms with Gasteiger partial charge in [0.05, 0.1) is 0 Å². The maximum absolute atomic E-state index is 13.5. The van der Waals surface area contributed by atoms with Crippen molar-refractivity contribution >= 4 is 19.4 Å². The van der Waals surface area contributed by atoms with Crippen molar-refractivity contribution < 1.29 is 32.3 Å². The van der Waals surface area contributed by atoms with E-state index in [2.05, 4.69) is 0 Å². The molecule has 0 aromatic heterocycles. The lowest BCUT2D eigenvalue weighted by Crippen LogP contribution is -2.43. The molecule has 0 N–H and O–H groups in total. The van der Waals surface area contributed by atoms with Crippen molar-refractivity contribution in [3.63, 3.8) is 0 Å². The summed E-state index contributed by atoms with van der Waals surface area (Å²) in [5, 5.41) is 0.582. The fourth-order valence-electron chi connectivity index (χ4n) is 3.80. The lowest BCUT2D eigenvalue weighted by Gasteiger charge is -2.38. The van der Waals surface area contributed by atoms with Gasteiger partial charge in [-0.25, -0.2) is 4.57 Å². The van der Waals surface area contributed by atoms with Crippen molar-refractivity contribution in [3.8, 4) is 5.75 Å². The molecule has 154 valence electrons. The van der Waals surface area contributed by atoms with Gasteiger partial charge < -0.3 is 18.7 Å². The van der Waals surface area contributed by atoms with Gasteiger partial charge in [0.1, 0.15) is 30.2 Å². The molecule has 0 spiro atoms. The largest absolute Gasteiger partial charge is 0.531 e. The third-order valence-corrected chi connectivity index (χ3v) is 6.65. The maximum atomic E-state index is 13.5. The summed E-state index contributed by atoms with van der Waals surface area (Å²) in [6, 6.07) is 15.8. The molecule has 9 heteroatoms. The summed E-state index contributed by atoms with van der Waals surface area (Å²) >= 11 is 6.02. The quantitative estimate of drug-likeness (QED) is 0.633. The van der Waals surface area contributed by atoms with Crippen molar-refractivity contribution in [2.24, 2.45) is 0 Å². The van der Waals surface area contributed by atoms with Crippen LogP contribution in [-0.2, 0) is 27.8 Å². The van der Waals surface area contributed by atoms with Crippen LogP contribution in [0.5, 0.6) is 5.75 Å². The molecule has 0 bridgehead atoms. The molecule has 7 nitrogen and oxygen atoms in total. The van der Waals surface area contributed by atoms with Crippen LogP contribution in [0.15, 0.2) is 54.6 Å². The highest BCUT2D eigenvalue weighted by atomic mass is 35.5. The summed E-state index contributed by atoms with van der Waals surface area (Å²) in [7, 11) is -3.98. The molecule has 0 unspecified atom stereocenters. The molecule has 3 fully saturated rings. The Bertz CT molecular complexity index is 936. The summed E-state index contributed by atoms with van der Waals surface area (Å²) in [5.74, 6) is -0.453. The number of phosphoric acid groups is 1. The number of hydrogen-bond donors (Lipinski definition) is 0. The topological polar surface area (TPSA) is 72.5 Å². The Hall–Kier alpha value is -1.44. The Morgan fingerprint density at radius 2 is 1.66 bits per heavy atom. The molecule has 0 radical (unpaired) electrons. The van der Waals surface area contributed by atoms with Crippen LogP contribution < -0.4 is 4.52 Å². The van der Waals surface area contributed by atoms with Gasteiger partial charge >= 0.3 is 7.82 Å². The monoisotopic (exact) mass is 438 g/mol. The third kappa shape index (κ3) is 3.73. The SMILES string of the molecule is CC1(C)O[C@H]2O[C@H]3[C@H](O[P@](=O)(Oc4ccccc4)O[C@@H]3c3ccc(Cl)cc3)[C@H]2O1. The van der Waals surface area contributed by atoms with Crippen LogP contribution in [0.1, 0.15) is 25.5 Å². The van der Waals surface area contributed by atoms with Crippen LogP contribution >= 0.6 is 19.4 Å². The second-order valence-electron chi connectivity index (χ2n) is 7.57. The van der Waals surface area contributed by atoms with Crippen LogP contribution in [0, 0.1) is 0 Å². The molecule has 3 aliphatic heterocycles. The van der Waals surface area contributed by atoms with Gasteiger partial charge in [-0.2, -0.15) is 0 Å². The van der Waals surface area contributed by atoms with Crippen molar-refractivity contribution in [1.82, 2.24) is 0 Å². The number of halogens is 1. The molecule has 2 aromatic carbocycles. The Kier molecular flexibility index (Phi) is 4.76. The van der Waals surface area contributed by atoms with Crippen LogP contribution in [-0.4, -0.2) is 30.4 Å². The van der Waals surface area contributed by atoms with E-state index in [1.807, 2.05) is 6.07 Å². The average molecular weight is 439 g/mol. The van der Waals surface area contributed by atoms with E-state index in [0.29, 0.717) is 10.8 Å². The van der Waals surface area contributed by atoms with Gasteiger partial charge in [0.25, 0.3) is 0 Å². The van der Waals surface area contributed by atoms with Gasteiger partial charge in [0, 0.05) is 5.02 Å². The highest BCUT2D eigenvalue weighted by Crippen LogP contribution is 2.62. The van der Waals surface area contributed by atoms with Crippen molar-refractivity contribution in [1.29, 1.82) is 0 Å². The Balaban J connectivity index is 1.49. The van der Waals surface area contributed by atoms with E-state index in [-0.39, 0.29) is 0 Å². The van der Waals surface area contributed by atoms with Gasteiger partial charge in [-0.15, -0.1) is 0 Å². The lowest BCUT2D eigenvalue weighted by molar-refractivity contribution is -0.231. The number of benzene rings is 2. The zero-order chi connectivity index (χ0) is 20.2. The van der Waals surface area contributed by atoms with Crippen LogP contribution in [0.2, 0.25) is 5.02 Å². The second kappa shape index (κ2) is 7.06. The second-order valence-corrected chi connectivity index (χ2v) is 9.50. The van der Waals surface area contributed by atoms with E-state index in [1.54, 1.807) is 62.4 Å². The maximum Gasteiger partial charge on any atom is 0.531 e. The minimum absolute atomic E-state index is 0.378. The van der Waals surface area contributed by atoms with E-state index < -0.39 is 44.3 Å². The van der Waals surface area contributed by atoms with E-state index in [0.717, 1.165) is 5.56 Å². The van der Waals surface area contributed by atoms with Gasteiger partial charge in [-0.3, -0.25) is 9.05 Å². The first kappa shape index (κ1) is 19.5. The highest BCUT2D eigenvalue weighted by Gasteiger charge is 2.63. The molecule has 3 saturated heterocycles. The predicted octanol–water partition coefficient (Wildman–Crippen LogP) is 4.86. The minimum Gasteiger partial charge on any atom is -0.404 e. The van der Waals surface area contributed by atoms with Crippen LogP contribution in [0.3, 0.4) is 0 Å². The Labute approximate surface area is 173 Å². The first-order valence-corrected chi connectivity index (χ1v) is 11.1. The molecule has 3 heterocycles. The van der Waals surface area contributed by atoms with Crippen molar-refractivity contribution in [3.05, 3.63) is 65.2 Å². The smallest absolute Gasteiger partial charge is 0.404 e. The van der Waals surface area contributed by atoms with Gasteiger partial charge in [0.15, 0.2) is 12.1 Å².